The largest absolute Gasteiger partial charge is 0.465 e. The van der Waals surface area contributed by atoms with Crippen molar-refractivity contribution in [1.29, 1.82) is 0 Å². The molecule has 1 fully saturated rings. The van der Waals surface area contributed by atoms with Gasteiger partial charge in [-0.05, 0) is 25.2 Å². The molecule has 0 aromatic carbocycles. The molecule has 118 valence electrons. The zero-order chi connectivity index (χ0) is 15.7. The van der Waals surface area contributed by atoms with Crippen LogP contribution >= 0.6 is 0 Å². The molecule has 21 heavy (non-hydrogen) atoms. The highest BCUT2D eigenvalue weighted by atomic mass is 16.5. The van der Waals surface area contributed by atoms with Crippen LogP contribution in [0.5, 0.6) is 0 Å². The quantitative estimate of drug-likeness (QED) is 0.778. The molecule has 1 saturated carbocycles. The first-order valence-electron chi connectivity index (χ1n) is 7.39. The van der Waals surface area contributed by atoms with Crippen LogP contribution in [-0.4, -0.2) is 29.8 Å². The van der Waals surface area contributed by atoms with Crippen LogP contribution in [0.25, 0.3) is 0 Å². The predicted molar refractivity (Wildman–Crippen MR) is 75.7 cm³/mol. The molecule has 1 aromatic heterocycles. The van der Waals surface area contributed by atoms with E-state index in [-0.39, 0.29) is 17.5 Å². The second-order valence-corrected chi connectivity index (χ2v) is 6.60. The van der Waals surface area contributed by atoms with Crippen molar-refractivity contribution in [2.24, 2.45) is 5.41 Å². The minimum absolute atomic E-state index is 0.160. The van der Waals surface area contributed by atoms with Gasteiger partial charge in [-0.25, -0.2) is 0 Å². The Hall–Kier alpha value is -1.43. The highest BCUT2D eigenvalue weighted by Crippen LogP contribution is 2.45. The molecule has 0 amide bonds. The molecule has 2 rings (SSSR count). The summed E-state index contributed by atoms with van der Waals surface area (Å²) in [4.78, 5) is 16.7. The van der Waals surface area contributed by atoms with E-state index >= 15 is 0 Å². The van der Waals surface area contributed by atoms with Crippen molar-refractivity contribution in [1.82, 2.24) is 10.1 Å². The maximum Gasteiger partial charge on any atom is 0.321 e. The summed E-state index contributed by atoms with van der Waals surface area (Å²) >= 11 is 0. The van der Waals surface area contributed by atoms with Gasteiger partial charge in [0, 0.05) is 7.11 Å². The minimum Gasteiger partial charge on any atom is -0.465 e. The van der Waals surface area contributed by atoms with Gasteiger partial charge in [-0.15, -0.1) is 0 Å². The van der Waals surface area contributed by atoms with E-state index in [0.29, 0.717) is 31.2 Å². The van der Waals surface area contributed by atoms with Gasteiger partial charge in [0.2, 0.25) is 11.7 Å². The van der Waals surface area contributed by atoms with E-state index in [1.165, 1.54) is 0 Å². The Morgan fingerprint density at radius 2 is 2.10 bits per heavy atom. The highest BCUT2D eigenvalue weighted by Gasteiger charge is 2.52. The van der Waals surface area contributed by atoms with Crippen LogP contribution in [0.4, 0.5) is 0 Å². The van der Waals surface area contributed by atoms with Crippen molar-refractivity contribution in [2.45, 2.75) is 58.5 Å². The van der Waals surface area contributed by atoms with Crippen molar-refractivity contribution < 1.29 is 18.8 Å². The maximum atomic E-state index is 12.2. The molecule has 0 spiro atoms. The highest BCUT2D eigenvalue weighted by molar-refractivity contribution is 5.83. The lowest BCUT2D eigenvalue weighted by Crippen LogP contribution is -2.44. The number of methoxy groups -OCH3 is 1. The van der Waals surface area contributed by atoms with Crippen molar-refractivity contribution in [3.05, 3.63) is 11.7 Å². The fraction of sp³-hybridized carbons (Fsp3) is 0.800. The SMILES string of the molecule is CCOC(=O)C1(c2nc(C(OC)C(C)(C)C)no2)CCC1. The molecule has 0 bridgehead atoms. The Bertz CT molecular complexity index is 500. The molecule has 1 unspecified atom stereocenters. The number of hydrogen-bond acceptors (Lipinski definition) is 6. The first kappa shape index (κ1) is 15.9. The van der Waals surface area contributed by atoms with Crippen molar-refractivity contribution in [3.8, 4) is 0 Å². The van der Waals surface area contributed by atoms with Crippen molar-refractivity contribution >= 4 is 5.97 Å². The summed E-state index contributed by atoms with van der Waals surface area (Å²) in [5, 5.41) is 4.03. The van der Waals surface area contributed by atoms with Gasteiger partial charge < -0.3 is 14.0 Å². The fourth-order valence-corrected chi connectivity index (χ4v) is 2.69. The molecule has 0 radical (unpaired) electrons. The molecule has 6 heteroatoms. The summed E-state index contributed by atoms with van der Waals surface area (Å²) < 4.78 is 16.0. The number of aromatic nitrogens is 2. The Labute approximate surface area is 125 Å². The smallest absolute Gasteiger partial charge is 0.321 e. The van der Waals surface area contributed by atoms with Crippen LogP contribution in [0.2, 0.25) is 0 Å². The van der Waals surface area contributed by atoms with Crippen molar-refractivity contribution in [2.75, 3.05) is 13.7 Å². The van der Waals surface area contributed by atoms with E-state index in [1.54, 1.807) is 14.0 Å². The molecular formula is C15H24N2O4. The Kier molecular flexibility index (Phi) is 4.37. The zero-order valence-corrected chi connectivity index (χ0v) is 13.4. The van der Waals surface area contributed by atoms with Gasteiger partial charge >= 0.3 is 5.97 Å². The summed E-state index contributed by atoms with van der Waals surface area (Å²) in [6.07, 6.45) is 2.07. The number of esters is 1. The molecule has 0 saturated heterocycles. The first-order valence-corrected chi connectivity index (χ1v) is 7.39. The third kappa shape index (κ3) is 2.81. The normalized spacial score (nSPS) is 18.9. The van der Waals surface area contributed by atoms with Gasteiger partial charge in [0.1, 0.15) is 11.5 Å². The minimum atomic E-state index is -0.753. The van der Waals surface area contributed by atoms with E-state index in [9.17, 15) is 4.79 Å². The number of carbonyl (C=O) groups excluding carboxylic acids is 1. The second-order valence-electron chi connectivity index (χ2n) is 6.60. The van der Waals surface area contributed by atoms with Crippen LogP contribution in [0.15, 0.2) is 4.52 Å². The monoisotopic (exact) mass is 296 g/mol. The van der Waals surface area contributed by atoms with Gasteiger partial charge in [-0.1, -0.05) is 32.3 Å². The van der Waals surface area contributed by atoms with Gasteiger partial charge in [0.25, 0.3) is 0 Å². The van der Waals surface area contributed by atoms with Crippen LogP contribution in [0.3, 0.4) is 0 Å². The molecular weight excluding hydrogens is 272 g/mol. The lowest BCUT2D eigenvalue weighted by molar-refractivity contribution is -0.155. The van der Waals surface area contributed by atoms with E-state index in [2.05, 4.69) is 10.1 Å². The molecule has 1 aromatic rings. The second kappa shape index (κ2) is 5.75. The summed E-state index contributed by atoms with van der Waals surface area (Å²) in [6.45, 7) is 8.28. The standard InChI is InChI=1S/C15H24N2O4/c1-6-20-13(18)15(8-7-9-15)12-16-11(17-21-12)10(19-5)14(2,3)4/h10H,6-9H2,1-5H3. The zero-order valence-electron chi connectivity index (χ0n) is 13.4. The molecule has 1 aliphatic carbocycles. The Morgan fingerprint density at radius 1 is 1.43 bits per heavy atom. The van der Waals surface area contributed by atoms with Gasteiger partial charge in [0.15, 0.2) is 0 Å². The van der Waals surface area contributed by atoms with Crippen LogP contribution < -0.4 is 0 Å². The number of rotatable bonds is 5. The Morgan fingerprint density at radius 3 is 2.52 bits per heavy atom. The average molecular weight is 296 g/mol. The summed E-state index contributed by atoms with van der Waals surface area (Å²) in [5.41, 5.74) is -0.913. The molecule has 1 atom stereocenters. The molecule has 0 N–H and O–H groups in total. The average Bonchev–Trinajstić information content (AvgIpc) is 2.76. The third-order valence-corrected chi connectivity index (χ3v) is 3.98. The van der Waals surface area contributed by atoms with E-state index in [0.717, 1.165) is 6.42 Å². The topological polar surface area (TPSA) is 74.5 Å². The Balaban J connectivity index is 2.28. The fourth-order valence-electron chi connectivity index (χ4n) is 2.69. The number of ether oxygens (including phenoxy) is 2. The van der Waals surface area contributed by atoms with Crippen LogP contribution in [0, 0.1) is 5.41 Å². The van der Waals surface area contributed by atoms with E-state index in [1.807, 2.05) is 20.8 Å². The van der Waals surface area contributed by atoms with Gasteiger partial charge in [-0.2, -0.15) is 4.98 Å². The van der Waals surface area contributed by atoms with E-state index < -0.39 is 5.41 Å². The van der Waals surface area contributed by atoms with Gasteiger partial charge in [-0.3, -0.25) is 4.79 Å². The number of hydrogen-bond donors (Lipinski definition) is 0. The van der Waals surface area contributed by atoms with Crippen LogP contribution in [-0.2, 0) is 19.7 Å². The number of nitrogens with zero attached hydrogens (tertiary/aromatic N) is 2. The van der Waals surface area contributed by atoms with Gasteiger partial charge in [0.05, 0.1) is 6.61 Å². The number of carbonyl (C=O) groups is 1. The summed E-state index contributed by atoms with van der Waals surface area (Å²) in [6, 6.07) is 0. The molecule has 1 heterocycles. The molecule has 1 aliphatic rings. The lowest BCUT2D eigenvalue weighted by atomic mass is 9.68. The third-order valence-electron chi connectivity index (χ3n) is 3.98. The van der Waals surface area contributed by atoms with Crippen LogP contribution in [0.1, 0.15) is 64.8 Å². The molecule has 6 nitrogen and oxygen atoms in total. The lowest BCUT2D eigenvalue weighted by Gasteiger charge is -2.35. The predicted octanol–water partition coefficient (Wildman–Crippen LogP) is 2.79. The van der Waals surface area contributed by atoms with E-state index in [4.69, 9.17) is 14.0 Å². The summed E-state index contributed by atoms with van der Waals surface area (Å²) in [7, 11) is 1.62. The van der Waals surface area contributed by atoms with Crippen molar-refractivity contribution in [3.63, 3.8) is 0 Å². The molecule has 0 aliphatic heterocycles. The maximum absolute atomic E-state index is 12.2. The summed E-state index contributed by atoms with van der Waals surface area (Å²) in [5.74, 6) is 0.570. The first-order chi connectivity index (χ1) is 9.85.